The first-order valence-electron chi connectivity index (χ1n) is 6.18. The van der Waals surface area contributed by atoms with Crippen molar-refractivity contribution in [3.05, 3.63) is 35.4 Å². The quantitative estimate of drug-likeness (QED) is 0.862. The summed E-state index contributed by atoms with van der Waals surface area (Å²) in [6.07, 6.45) is 0. The Morgan fingerprint density at radius 1 is 1.26 bits per heavy atom. The van der Waals surface area contributed by atoms with Gasteiger partial charge in [0.1, 0.15) is 0 Å². The molecular weight excluding hydrogens is 242 g/mol. The highest BCUT2D eigenvalue weighted by Gasteiger charge is 2.16. The van der Waals surface area contributed by atoms with Gasteiger partial charge in [0.25, 0.3) is 5.91 Å². The maximum Gasteiger partial charge on any atom is 0.254 e. The molecular formula is C14H17N3O2. The van der Waals surface area contributed by atoms with Crippen molar-refractivity contribution in [3.8, 4) is 6.07 Å². The number of nitriles is 1. The summed E-state index contributed by atoms with van der Waals surface area (Å²) in [5.74, 6) is -0.385. The molecule has 0 aliphatic heterocycles. The van der Waals surface area contributed by atoms with Crippen molar-refractivity contribution in [2.24, 2.45) is 0 Å². The second-order valence-corrected chi connectivity index (χ2v) is 3.96. The average Bonchev–Trinajstić information content (AvgIpc) is 2.44. The zero-order chi connectivity index (χ0) is 14.3. The number of hydrogen-bond acceptors (Lipinski definition) is 3. The van der Waals surface area contributed by atoms with Crippen LogP contribution >= 0.6 is 0 Å². The van der Waals surface area contributed by atoms with Crippen LogP contribution in [0.15, 0.2) is 24.3 Å². The fraction of sp³-hybridized carbons (Fsp3) is 0.357. The van der Waals surface area contributed by atoms with E-state index < -0.39 is 0 Å². The van der Waals surface area contributed by atoms with Crippen molar-refractivity contribution in [2.45, 2.75) is 13.8 Å². The first-order chi connectivity index (χ1) is 9.12. The van der Waals surface area contributed by atoms with Gasteiger partial charge in [0.05, 0.1) is 18.2 Å². The van der Waals surface area contributed by atoms with Crippen molar-refractivity contribution in [1.29, 1.82) is 5.26 Å². The number of carbonyl (C=O) groups is 2. The lowest BCUT2D eigenvalue weighted by atomic mass is 10.1. The fourth-order valence-corrected chi connectivity index (χ4v) is 1.62. The minimum absolute atomic E-state index is 0.0448. The van der Waals surface area contributed by atoms with E-state index in [0.717, 1.165) is 0 Å². The van der Waals surface area contributed by atoms with Crippen LogP contribution in [0.25, 0.3) is 0 Å². The monoisotopic (exact) mass is 259 g/mol. The molecule has 100 valence electrons. The first kappa shape index (κ1) is 14.7. The van der Waals surface area contributed by atoms with Gasteiger partial charge in [-0.1, -0.05) is 0 Å². The molecule has 1 aromatic rings. The molecule has 0 spiro atoms. The van der Waals surface area contributed by atoms with Gasteiger partial charge in [-0.2, -0.15) is 5.26 Å². The Balaban J connectivity index is 2.77. The largest absolute Gasteiger partial charge is 0.355 e. The van der Waals surface area contributed by atoms with Gasteiger partial charge in [-0.05, 0) is 38.1 Å². The molecule has 2 amide bonds. The lowest BCUT2D eigenvalue weighted by Gasteiger charge is -2.20. The zero-order valence-corrected chi connectivity index (χ0v) is 11.1. The summed E-state index contributed by atoms with van der Waals surface area (Å²) in [5, 5.41) is 11.4. The van der Waals surface area contributed by atoms with E-state index in [-0.39, 0.29) is 18.4 Å². The Bertz CT molecular complexity index is 488. The van der Waals surface area contributed by atoms with Crippen molar-refractivity contribution in [3.63, 3.8) is 0 Å². The van der Waals surface area contributed by atoms with E-state index in [2.05, 4.69) is 5.32 Å². The number of benzene rings is 1. The van der Waals surface area contributed by atoms with Crippen LogP contribution in [0.4, 0.5) is 0 Å². The van der Waals surface area contributed by atoms with E-state index in [9.17, 15) is 9.59 Å². The number of rotatable bonds is 5. The van der Waals surface area contributed by atoms with E-state index in [1.54, 1.807) is 24.3 Å². The highest BCUT2D eigenvalue weighted by Crippen LogP contribution is 2.07. The summed E-state index contributed by atoms with van der Waals surface area (Å²) < 4.78 is 0. The number of hydrogen-bond donors (Lipinski definition) is 1. The minimum atomic E-state index is -0.210. The van der Waals surface area contributed by atoms with Gasteiger partial charge >= 0.3 is 0 Å². The molecule has 0 radical (unpaired) electrons. The molecule has 0 aliphatic carbocycles. The average molecular weight is 259 g/mol. The zero-order valence-electron chi connectivity index (χ0n) is 11.1. The SMILES string of the molecule is CCNC(=O)CN(CC)C(=O)c1ccc(C#N)cc1. The second-order valence-electron chi connectivity index (χ2n) is 3.96. The summed E-state index contributed by atoms with van der Waals surface area (Å²) in [7, 11) is 0. The van der Waals surface area contributed by atoms with Gasteiger partial charge in [-0.15, -0.1) is 0 Å². The van der Waals surface area contributed by atoms with Gasteiger partial charge < -0.3 is 10.2 Å². The Morgan fingerprint density at radius 2 is 1.89 bits per heavy atom. The van der Waals surface area contributed by atoms with Crippen molar-refractivity contribution < 1.29 is 9.59 Å². The third-order valence-electron chi connectivity index (χ3n) is 2.64. The topological polar surface area (TPSA) is 73.2 Å². The molecule has 0 saturated heterocycles. The van der Waals surface area contributed by atoms with E-state index >= 15 is 0 Å². The van der Waals surface area contributed by atoms with Crippen molar-refractivity contribution >= 4 is 11.8 Å². The van der Waals surface area contributed by atoms with Crippen molar-refractivity contribution in [1.82, 2.24) is 10.2 Å². The van der Waals surface area contributed by atoms with Crippen LogP contribution in [0.5, 0.6) is 0 Å². The molecule has 0 unspecified atom stereocenters. The van der Waals surface area contributed by atoms with Crippen LogP contribution in [0.2, 0.25) is 0 Å². The van der Waals surface area contributed by atoms with Gasteiger partial charge in [-0.3, -0.25) is 9.59 Å². The van der Waals surface area contributed by atoms with E-state index in [4.69, 9.17) is 5.26 Å². The van der Waals surface area contributed by atoms with E-state index in [1.807, 2.05) is 19.9 Å². The molecule has 0 atom stereocenters. The number of amides is 2. The van der Waals surface area contributed by atoms with Crippen LogP contribution in [0.1, 0.15) is 29.8 Å². The second kappa shape index (κ2) is 7.17. The molecule has 0 aliphatic rings. The molecule has 0 heterocycles. The van der Waals surface area contributed by atoms with Gasteiger partial charge in [0.15, 0.2) is 0 Å². The highest BCUT2D eigenvalue weighted by molar-refractivity contribution is 5.96. The lowest BCUT2D eigenvalue weighted by Crippen LogP contribution is -2.40. The molecule has 5 heteroatoms. The molecule has 1 rings (SSSR count). The Labute approximate surface area is 112 Å². The molecule has 0 aromatic heterocycles. The Hall–Kier alpha value is -2.35. The van der Waals surface area contributed by atoms with Crippen LogP contribution in [-0.4, -0.2) is 36.3 Å². The third kappa shape index (κ3) is 4.11. The fourth-order valence-electron chi connectivity index (χ4n) is 1.62. The molecule has 0 saturated carbocycles. The molecule has 5 nitrogen and oxygen atoms in total. The van der Waals surface area contributed by atoms with Crippen molar-refractivity contribution in [2.75, 3.05) is 19.6 Å². The number of nitrogens with one attached hydrogen (secondary N) is 1. The molecule has 0 fully saturated rings. The van der Waals surface area contributed by atoms with E-state index in [1.165, 1.54) is 4.90 Å². The van der Waals surface area contributed by atoms with Crippen LogP contribution in [0, 0.1) is 11.3 Å². The Morgan fingerprint density at radius 3 is 2.37 bits per heavy atom. The number of carbonyl (C=O) groups excluding carboxylic acids is 2. The maximum atomic E-state index is 12.2. The lowest BCUT2D eigenvalue weighted by molar-refractivity contribution is -0.121. The van der Waals surface area contributed by atoms with E-state index in [0.29, 0.717) is 24.2 Å². The van der Waals surface area contributed by atoms with Gasteiger partial charge in [0, 0.05) is 18.7 Å². The number of nitrogens with zero attached hydrogens (tertiary/aromatic N) is 2. The summed E-state index contributed by atoms with van der Waals surface area (Å²) >= 11 is 0. The smallest absolute Gasteiger partial charge is 0.254 e. The summed E-state index contributed by atoms with van der Waals surface area (Å²) in [6.45, 7) is 4.69. The third-order valence-corrected chi connectivity index (χ3v) is 2.64. The van der Waals surface area contributed by atoms with Gasteiger partial charge in [0.2, 0.25) is 5.91 Å². The Kier molecular flexibility index (Phi) is 5.55. The molecule has 19 heavy (non-hydrogen) atoms. The summed E-state index contributed by atoms with van der Waals surface area (Å²) in [6, 6.07) is 8.37. The maximum absolute atomic E-state index is 12.2. The van der Waals surface area contributed by atoms with Crippen LogP contribution in [-0.2, 0) is 4.79 Å². The molecule has 0 bridgehead atoms. The highest BCUT2D eigenvalue weighted by atomic mass is 16.2. The predicted octanol–water partition coefficient (Wildman–Crippen LogP) is 1.16. The van der Waals surface area contributed by atoms with Gasteiger partial charge in [-0.25, -0.2) is 0 Å². The predicted molar refractivity (Wildman–Crippen MR) is 71.4 cm³/mol. The van der Waals surface area contributed by atoms with Crippen LogP contribution < -0.4 is 5.32 Å². The molecule has 1 N–H and O–H groups in total. The molecule has 1 aromatic carbocycles. The first-order valence-corrected chi connectivity index (χ1v) is 6.18. The number of likely N-dealkylation sites (N-methyl/N-ethyl adjacent to an activating group) is 2. The normalized spacial score (nSPS) is 9.53. The standard InChI is InChI=1S/C14H17N3O2/c1-3-16-13(18)10-17(4-2)14(19)12-7-5-11(9-15)6-8-12/h5-8H,3-4,10H2,1-2H3,(H,16,18). The summed E-state index contributed by atoms with van der Waals surface area (Å²) in [5.41, 5.74) is 0.980. The minimum Gasteiger partial charge on any atom is -0.355 e. The summed E-state index contributed by atoms with van der Waals surface area (Å²) in [4.78, 5) is 25.1. The van der Waals surface area contributed by atoms with Crippen LogP contribution in [0.3, 0.4) is 0 Å².